The number of rotatable bonds is 2. The lowest BCUT2D eigenvalue weighted by atomic mass is 10.0. The van der Waals surface area contributed by atoms with Crippen LogP contribution in [0.25, 0.3) is 11.3 Å². The molecule has 0 radical (unpaired) electrons. The minimum atomic E-state index is -0.507. The molecular formula is C16H19N3. The van der Waals surface area contributed by atoms with Crippen LogP contribution >= 0.6 is 0 Å². The van der Waals surface area contributed by atoms with Gasteiger partial charge >= 0.3 is 0 Å². The zero-order valence-electron chi connectivity index (χ0n) is 11.5. The number of hydrogen-bond donors (Lipinski definition) is 1. The Morgan fingerprint density at radius 2 is 1.89 bits per heavy atom. The zero-order valence-corrected chi connectivity index (χ0v) is 11.5. The molecule has 98 valence electrons. The lowest BCUT2D eigenvalue weighted by Crippen LogP contribution is -2.31. The van der Waals surface area contributed by atoms with E-state index in [9.17, 15) is 0 Å². The molecule has 1 aromatic heterocycles. The fourth-order valence-corrected chi connectivity index (χ4v) is 2.56. The molecule has 1 heterocycles. The van der Waals surface area contributed by atoms with Gasteiger partial charge in [-0.3, -0.25) is 0 Å². The molecule has 2 N–H and O–H groups in total. The summed E-state index contributed by atoms with van der Waals surface area (Å²) in [4.78, 5) is 8.88. The first-order chi connectivity index (χ1) is 9.04. The van der Waals surface area contributed by atoms with E-state index in [2.05, 4.69) is 28.2 Å². The van der Waals surface area contributed by atoms with E-state index in [0.29, 0.717) is 5.82 Å². The monoisotopic (exact) mass is 253 g/mol. The van der Waals surface area contributed by atoms with Crippen molar-refractivity contribution < 1.29 is 0 Å². The Kier molecular flexibility index (Phi) is 2.86. The van der Waals surface area contributed by atoms with E-state index in [0.717, 1.165) is 11.3 Å². The molecular weight excluding hydrogens is 234 g/mol. The maximum Gasteiger partial charge on any atom is 0.148 e. The maximum absolute atomic E-state index is 6.07. The minimum absolute atomic E-state index is 0.507. The summed E-state index contributed by atoms with van der Waals surface area (Å²) in [6.45, 7) is 3.85. The molecule has 1 aliphatic rings. The predicted octanol–water partition coefficient (Wildman–Crippen LogP) is 2.83. The first-order valence-electron chi connectivity index (χ1n) is 6.78. The van der Waals surface area contributed by atoms with Crippen molar-refractivity contribution in [2.45, 2.75) is 38.6 Å². The van der Waals surface area contributed by atoms with Gasteiger partial charge < -0.3 is 5.73 Å². The van der Waals surface area contributed by atoms with E-state index < -0.39 is 5.54 Å². The normalized spacial score (nSPS) is 14.5. The Balaban J connectivity index is 2.03. The quantitative estimate of drug-likeness (QED) is 0.895. The van der Waals surface area contributed by atoms with E-state index >= 15 is 0 Å². The van der Waals surface area contributed by atoms with Crippen LogP contribution in [0.2, 0.25) is 0 Å². The van der Waals surface area contributed by atoms with Gasteiger partial charge in [0, 0.05) is 11.8 Å². The molecule has 0 saturated heterocycles. The Labute approximate surface area is 113 Å². The van der Waals surface area contributed by atoms with Gasteiger partial charge in [-0.25, -0.2) is 9.97 Å². The van der Waals surface area contributed by atoms with Crippen LogP contribution in [0.5, 0.6) is 0 Å². The number of aryl methyl sites for hydroxylation is 2. The molecule has 2 aromatic rings. The van der Waals surface area contributed by atoms with E-state index in [-0.39, 0.29) is 0 Å². The van der Waals surface area contributed by atoms with Crippen LogP contribution in [0.4, 0.5) is 0 Å². The minimum Gasteiger partial charge on any atom is -0.319 e. The van der Waals surface area contributed by atoms with Crippen LogP contribution in [0.1, 0.15) is 37.2 Å². The van der Waals surface area contributed by atoms with Gasteiger partial charge in [-0.05, 0) is 56.4 Å². The van der Waals surface area contributed by atoms with E-state index in [4.69, 9.17) is 5.73 Å². The van der Waals surface area contributed by atoms with Gasteiger partial charge in [0.15, 0.2) is 0 Å². The first kappa shape index (κ1) is 12.3. The molecule has 0 spiro atoms. The van der Waals surface area contributed by atoms with Crippen LogP contribution in [-0.2, 0) is 18.4 Å². The van der Waals surface area contributed by atoms with E-state index in [1.807, 2.05) is 19.9 Å². The molecule has 0 bridgehead atoms. The first-order valence-corrected chi connectivity index (χ1v) is 6.78. The third-order valence-corrected chi connectivity index (χ3v) is 3.63. The summed E-state index contributed by atoms with van der Waals surface area (Å²) in [7, 11) is 0. The van der Waals surface area contributed by atoms with Crippen molar-refractivity contribution in [2.75, 3.05) is 0 Å². The molecule has 0 aliphatic heterocycles. The molecule has 0 saturated carbocycles. The topological polar surface area (TPSA) is 51.8 Å². The maximum atomic E-state index is 6.07. The largest absolute Gasteiger partial charge is 0.319 e. The molecule has 3 nitrogen and oxygen atoms in total. The fourth-order valence-electron chi connectivity index (χ4n) is 2.56. The summed E-state index contributed by atoms with van der Waals surface area (Å²) >= 11 is 0. The van der Waals surface area contributed by atoms with Crippen LogP contribution in [0.3, 0.4) is 0 Å². The van der Waals surface area contributed by atoms with E-state index in [1.54, 1.807) is 6.20 Å². The molecule has 19 heavy (non-hydrogen) atoms. The second kappa shape index (κ2) is 4.42. The van der Waals surface area contributed by atoms with Crippen LogP contribution < -0.4 is 5.73 Å². The summed E-state index contributed by atoms with van der Waals surface area (Å²) in [5.41, 5.74) is 10.6. The van der Waals surface area contributed by atoms with Crippen molar-refractivity contribution in [2.24, 2.45) is 5.73 Å². The Morgan fingerprint density at radius 1 is 1.11 bits per heavy atom. The van der Waals surface area contributed by atoms with Gasteiger partial charge in [0.2, 0.25) is 0 Å². The van der Waals surface area contributed by atoms with Crippen molar-refractivity contribution in [3.63, 3.8) is 0 Å². The zero-order chi connectivity index (χ0) is 13.5. The van der Waals surface area contributed by atoms with Crippen molar-refractivity contribution in [1.82, 2.24) is 9.97 Å². The predicted molar refractivity (Wildman–Crippen MR) is 76.7 cm³/mol. The van der Waals surface area contributed by atoms with Gasteiger partial charge in [0.25, 0.3) is 0 Å². The van der Waals surface area contributed by atoms with Crippen LogP contribution in [0.15, 0.2) is 30.5 Å². The lowest BCUT2D eigenvalue weighted by Gasteiger charge is -2.17. The summed E-state index contributed by atoms with van der Waals surface area (Å²) in [5, 5.41) is 0. The number of nitrogens with zero attached hydrogens (tertiary/aromatic N) is 2. The number of aromatic nitrogens is 2. The third-order valence-electron chi connectivity index (χ3n) is 3.63. The van der Waals surface area contributed by atoms with Crippen LogP contribution in [-0.4, -0.2) is 9.97 Å². The standard InChI is InChI=1S/C16H19N3/c1-16(2,17)15-18-9-8-14(19-15)13-7-6-11-4-3-5-12(11)10-13/h6-10H,3-5,17H2,1-2H3. The average Bonchev–Trinajstić information content (AvgIpc) is 2.85. The Hall–Kier alpha value is -1.74. The molecule has 0 fully saturated rings. The van der Waals surface area contributed by atoms with Gasteiger partial charge in [-0.15, -0.1) is 0 Å². The summed E-state index contributed by atoms with van der Waals surface area (Å²) in [5.74, 6) is 0.686. The van der Waals surface area contributed by atoms with Crippen LogP contribution in [0, 0.1) is 0 Å². The molecule has 0 unspecified atom stereocenters. The van der Waals surface area contributed by atoms with E-state index in [1.165, 1.54) is 30.4 Å². The smallest absolute Gasteiger partial charge is 0.148 e. The summed E-state index contributed by atoms with van der Waals surface area (Å²) < 4.78 is 0. The van der Waals surface area contributed by atoms with Crippen molar-refractivity contribution in [3.8, 4) is 11.3 Å². The molecule has 1 aromatic carbocycles. The van der Waals surface area contributed by atoms with Gasteiger partial charge in [-0.2, -0.15) is 0 Å². The average molecular weight is 253 g/mol. The molecule has 0 atom stereocenters. The van der Waals surface area contributed by atoms with Crippen molar-refractivity contribution in [3.05, 3.63) is 47.4 Å². The second-order valence-corrected chi connectivity index (χ2v) is 5.82. The highest BCUT2D eigenvalue weighted by Gasteiger charge is 2.18. The highest BCUT2D eigenvalue weighted by Crippen LogP contribution is 2.27. The summed E-state index contributed by atoms with van der Waals surface area (Å²) in [6.07, 6.45) is 5.45. The number of fused-ring (bicyclic) bond motifs is 1. The van der Waals surface area contributed by atoms with Gasteiger partial charge in [-0.1, -0.05) is 12.1 Å². The Bertz CT molecular complexity index is 612. The third kappa shape index (κ3) is 2.38. The Morgan fingerprint density at radius 3 is 2.68 bits per heavy atom. The molecule has 0 amide bonds. The fraction of sp³-hybridized carbons (Fsp3) is 0.375. The lowest BCUT2D eigenvalue weighted by molar-refractivity contribution is 0.514. The molecule has 3 heteroatoms. The highest BCUT2D eigenvalue weighted by atomic mass is 14.9. The SMILES string of the molecule is CC(C)(N)c1nccc(-c2ccc3c(c2)CCC3)n1. The number of hydrogen-bond acceptors (Lipinski definition) is 3. The van der Waals surface area contributed by atoms with Gasteiger partial charge in [0.1, 0.15) is 5.82 Å². The molecule has 1 aliphatic carbocycles. The molecule has 3 rings (SSSR count). The van der Waals surface area contributed by atoms with Crippen molar-refractivity contribution in [1.29, 1.82) is 0 Å². The number of benzene rings is 1. The van der Waals surface area contributed by atoms with Crippen molar-refractivity contribution >= 4 is 0 Å². The highest BCUT2D eigenvalue weighted by molar-refractivity contribution is 5.61. The second-order valence-electron chi connectivity index (χ2n) is 5.82. The number of nitrogens with two attached hydrogens (primary N) is 1. The summed E-state index contributed by atoms with van der Waals surface area (Å²) in [6, 6.07) is 8.59. The van der Waals surface area contributed by atoms with Gasteiger partial charge in [0.05, 0.1) is 11.2 Å².